The quantitative estimate of drug-likeness (QED) is 0.493. The molecule has 3 fully saturated rings. The van der Waals surface area contributed by atoms with Gasteiger partial charge in [0, 0.05) is 18.7 Å². The number of aromatic nitrogens is 3. The molecule has 4 atom stereocenters. The van der Waals surface area contributed by atoms with Gasteiger partial charge in [-0.25, -0.2) is 9.88 Å². The summed E-state index contributed by atoms with van der Waals surface area (Å²) < 4.78 is 20.7. The maximum Gasteiger partial charge on any atom is 0.240 e. The van der Waals surface area contributed by atoms with Gasteiger partial charge in [0.05, 0.1) is 57.6 Å². The van der Waals surface area contributed by atoms with E-state index < -0.39 is 23.0 Å². The van der Waals surface area contributed by atoms with Crippen molar-refractivity contribution < 1.29 is 19.1 Å². The van der Waals surface area contributed by atoms with E-state index in [1.165, 1.54) is 11.1 Å². The highest BCUT2D eigenvalue weighted by Crippen LogP contribution is 2.62. The van der Waals surface area contributed by atoms with Crippen LogP contribution in [0.15, 0.2) is 30.5 Å². The predicted molar refractivity (Wildman–Crippen MR) is 122 cm³/mol. The van der Waals surface area contributed by atoms with E-state index in [9.17, 15) is 14.9 Å². The summed E-state index contributed by atoms with van der Waals surface area (Å²) in [6.45, 7) is 2.20. The molecule has 34 heavy (non-hydrogen) atoms. The zero-order chi connectivity index (χ0) is 23.7. The van der Waals surface area contributed by atoms with Crippen molar-refractivity contribution in [3.8, 4) is 11.9 Å². The number of ether oxygens (including phenoxy) is 2. The molecule has 3 aliphatic rings. The number of hydrogen-bond acceptors (Lipinski definition) is 9. The molecule has 0 radical (unpaired) electrons. The van der Waals surface area contributed by atoms with E-state index in [2.05, 4.69) is 19.8 Å². The fraction of sp³-hybridized carbons (Fsp3) is 0.391. The van der Waals surface area contributed by atoms with Crippen LogP contribution in [0.4, 0.5) is 5.69 Å². The average molecular weight is 496 g/mol. The number of pyridine rings is 1. The molecule has 0 aliphatic carbocycles. The van der Waals surface area contributed by atoms with Gasteiger partial charge in [0.2, 0.25) is 17.7 Å². The van der Waals surface area contributed by atoms with Crippen LogP contribution < -0.4 is 9.64 Å². The van der Waals surface area contributed by atoms with Crippen molar-refractivity contribution in [2.45, 2.75) is 37.4 Å². The minimum absolute atomic E-state index is 0.284. The number of nitriles is 1. The van der Waals surface area contributed by atoms with E-state index in [1.54, 1.807) is 24.3 Å². The first-order valence-corrected chi connectivity index (χ1v) is 12.0. The molecule has 0 spiro atoms. The van der Waals surface area contributed by atoms with E-state index in [0.29, 0.717) is 52.4 Å². The van der Waals surface area contributed by atoms with Gasteiger partial charge in [-0.3, -0.25) is 9.59 Å². The van der Waals surface area contributed by atoms with E-state index in [0.717, 1.165) is 11.7 Å². The predicted octanol–water partition coefficient (Wildman–Crippen LogP) is 3.51. The monoisotopic (exact) mass is 495 g/mol. The van der Waals surface area contributed by atoms with Crippen LogP contribution in [-0.4, -0.2) is 43.4 Å². The van der Waals surface area contributed by atoms with E-state index in [-0.39, 0.29) is 18.4 Å². The molecule has 5 heterocycles. The second-order valence-corrected chi connectivity index (χ2v) is 10.0. The largest absolute Gasteiger partial charge is 0.478 e. The normalized spacial score (nSPS) is 29.6. The maximum atomic E-state index is 13.8. The summed E-state index contributed by atoms with van der Waals surface area (Å²) in [6.07, 6.45) is 3.30. The second-order valence-electron chi connectivity index (χ2n) is 9.07. The van der Waals surface area contributed by atoms with Crippen LogP contribution in [0.25, 0.3) is 11.0 Å². The van der Waals surface area contributed by atoms with Gasteiger partial charge in [0.1, 0.15) is 17.1 Å². The van der Waals surface area contributed by atoms with Crippen molar-refractivity contribution in [1.29, 1.82) is 5.26 Å². The third kappa shape index (κ3) is 2.90. The average Bonchev–Trinajstić information content (AvgIpc) is 3.56. The van der Waals surface area contributed by atoms with Crippen molar-refractivity contribution in [3.63, 3.8) is 0 Å². The number of fused-ring (bicyclic) bond motifs is 6. The van der Waals surface area contributed by atoms with Crippen LogP contribution in [0, 0.1) is 23.2 Å². The molecule has 9 nitrogen and oxygen atoms in total. The molecular weight excluding hydrogens is 478 g/mol. The zero-order valence-electron chi connectivity index (χ0n) is 18.0. The lowest BCUT2D eigenvalue weighted by molar-refractivity contribution is -0.131. The standard InChI is InChI=1S/C23H18ClN5O4S/c1-22-6-7-23(33-22,8-9-32-15-5-3-13(24)11-26-15)17-16(22)20(30)29(21(17)31)14-4-2-12(10-25)18-19(14)28-34-27-18/h2-5,11,16-17H,6-9H2,1H3/t16-,17+,22-,23-/m1/s1. The molecular formula is C23H18ClN5O4S. The number of rotatable bonds is 5. The molecule has 2 amide bonds. The number of amides is 2. The van der Waals surface area contributed by atoms with E-state index in [4.69, 9.17) is 21.1 Å². The van der Waals surface area contributed by atoms with Gasteiger partial charge in [0.25, 0.3) is 0 Å². The molecule has 11 heteroatoms. The Bertz CT molecular complexity index is 1390. The highest BCUT2D eigenvalue weighted by atomic mass is 35.5. The Morgan fingerprint density at radius 3 is 2.76 bits per heavy atom. The van der Waals surface area contributed by atoms with Crippen LogP contribution >= 0.6 is 23.3 Å². The summed E-state index contributed by atoms with van der Waals surface area (Å²) in [4.78, 5) is 32.8. The third-order valence-electron chi connectivity index (χ3n) is 7.24. The Kier molecular flexibility index (Phi) is 4.68. The first-order valence-electron chi connectivity index (χ1n) is 10.8. The van der Waals surface area contributed by atoms with Crippen LogP contribution in [-0.2, 0) is 14.3 Å². The Balaban J connectivity index is 1.32. The minimum atomic E-state index is -0.792. The zero-order valence-corrected chi connectivity index (χ0v) is 19.6. The molecule has 3 aromatic rings. The van der Waals surface area contributed by atoms with Gasteiger partial charge in [-0.1, -0.05) is 11.6 Å². The van der Waals surface area contributed by atoms with Crippen LogP contribution in [0.1, 0.15) is 31.7 Å². The number of anilines is 1. The topological polar surface area (TPSA) is 118 Å². The number of carbonyl (C=O) groups excluding carboxylic acids is 2. The van der Waals surface area contributed by atoms with Gasteiger partial charge >= 0.3 is 0 Å². The Morgan fingerprint density at radius 1 is 1.21 bits per heavy atom. The fourth-order valence-corrected chi connectivity index (χ4v) is 6.43. The highest BCUT2D eigenvalue weighted by molar-refractivity contribution is 7.00. The van der Waals surface area contributed by atoms with Gasteiger partial charge < -0.3 is 9.47 Å². The Labute approximate surface area is 203 Å². The highest BCUT2D eigenvalue weighted by Gasteiger charge is 2.74. The third-order valence-corrected chi connectivity index (χ3v) is 7.99. The number of imide groups is 1. The van der Waals surface area contributed by atoms with E-state index >= 15 is 0 Å². The SMILES string of the molecule is C[C@]12CC[C@](CCOc3ccc(Cl)cn3)(O1)[C@@H]1C(=O)N(c3ccc(C#N)c4nsnc34)C(=O)[C@@H]12. The lowest BCUT2D eigenvalue weighted by Crippen LogP contribution is -2.43. The summed E-state index contributed by atoms with van der Waals surface area (Å²) in [5.41, 5.74) is -0.0173. The molecule has 172 valence electrons. The summed E-state index contributed by atoms with van der Waals surface area (Å²) in [5, 5.41) is 9.88. The molecule has 2 aromatic heterocycles. The van der Waals surface area contributed by atoms with Gasteiger partial charge in [-0.2, -0.15) is 14.0 Å². The smallest absolute Gasteiger partial charge is 0.240 e. The molecule has 2 bridgehead atoms. The minimum Gasteiger partial charge on any atom is -0.478 e. The van der Waals surface area contributed by atoms with Crippen LogP contribution in [0.2, 0.25) is 5.02 Å². The molecule has 0 saturated carbocycles. The Hall–Kier alpha value is -3.13. The molecule has 3 saturated heterocycles. The maximum absolute atomic E-state index is 13.8. The first-order chi connectivity index (χ1) is 16.4. The summed E-state index contributed by atoms with van der Waals surface area (Å²) in [6, 6.07) is 8.63. The number of hydrogen-bond donors (Lipinski definition) is 0. The molecule has 0 N–H and O–H groups in total. The molecule has 1 aromatic carbocycles. The summed E-state index contributed by atoms with van der Waals surface area (Å²) in [7, 11) is 0. The van der Waals surface area contributed by atoms with Crippen LogP contribution in [0.5, 0.6) is 5.88 Å². The number of nitrogens with zero attached hydrogens (tertiary/aromatic N) is 5. The lowest BCUT2D eigenvalue weighted by Gasteiger charge is -2.31. The fourth-order valence-electron chi connectivity index (χ4n) is 5.75. The van der Waals surface area contributed by atoms with Crippen molar-refractivity contribution in [1.82, 2.24) is 13.7 Å². The van der Waals surface area contributed by atoms with Crippen molar-refractivity contribution >= 4 is 51.9 Å². The summed E-state index contributed by atoms with van der Waals surface area (Å²) in [5.74, 6) is -1.36. The van der Waals surface area contributed by atoms with Gasteiger partial charge in [-0.05, 0) is 38.0 Å². The van der Waals surface area contributed by atoms with Gasteiger partial charge in [-0.15, -0.1) is 0 Å². The summed E-state index contributed by atoms with van der Waals surface area (Å²) >= 11 is 6.83. The molecule has 3 aliphatic heterocycles. The number of halogens is 1. The van der Waals surface area contributed by atoms with Crippen molar-refractivity contribution in [2.75, 3.05) is 11.5 Å². The van der Waals surface area contributed by atoms with Crippen LogP contribution in [0.3, 0.4) is 0 Å². The van der Waals surface area contributed by atoms with E-state index in [1.807, 2.05) is 6.92 Å². The second kappa shape index (κ2) is 7.43. The van der Waals surface area contributed by atoms with Crippen molar-refractivity contribution in [2.24, 2.45) is 11.8 Å². The first kappa shape index (κ1) is 21.4. The lowest BCUT2D eigenvalue weighted by atomic mass is 9.67. The number of carbonyl (C=O) groups is 2. The Morgan fingerprint density at radius 2 is 2.00 bits per heavy atom. The van der Waals surface area contributed by atoms with Gasteiger partial charge in [0.15, 0.2) is 0 Å². The molecule has 6 rings (SSSR count). The molecule has 0 unspecified atom stereocenters. The van der Waals surface area contributed by atoms with Crippen molar-refractivity contribution in [3.05, 3.63) is 41.0 Å². The number of benzene rings is 1.